The topological polar surface area (TPSA) is 102 Å². The van der Waals surface area contributed by atoms with Crippen LogP contribution in [-0.2, 0) is 4.74 Å². The summed E-state index contributed by atoms with van der Waals surface area (Å²) in [6.07, 6.45) is -0.788. The van der Waals surface area contributed by atoms with Crippen molar-refractivity contribution in [3.8, 4) is 11.5 Å². The number of benzene rings is 1. The lowest BCUT2D eigenvalue weighted by Crippen LogP contribution is -2.17. The maximum atomic E-state index is 12.3. The number of phenols is 1. The first-order valence-corrected chi connectivity index (χ1v) is 8.71. The van der Waals surface area contributed by atoms with Gasteiger partial charge in [0.25, 0.3) is 5.56 Å². The number of ether oxygens (including phenoxy) is 2. The van der Waals surface area contributed by atoms with E-state index in [0.717, 1.165) is 10.4 Å². The third-order valence-electron chi connectivity index (χ3n) is 4.15. The highest BCUT2D eigenvalue weighted by Crippen LogP contribution is 2.28. The summed E-state index contributed by atoms with van der Waals surface area (Å²) in [6, 6.07) is 4.28. The first-order chi connectivity index (χ1) is 12.3. The van der Waals surface area contributed by atoms with Crippen LogP contribution in [-0.4, -0.2) is 28.2 Å². The van der Waals surface area contributed by atoms with Gasteiger partial charge in [-0.05, 0) is 38.5 Å². The number of carbonyl (C=O) groups excluding carboxylic acids is 1. The molecule has 0 bridgehead atoms. The third-order valence-corrected chi connectivity index (χ3v) is 5.25. The number of aromatic hydroxyl groups is 1. The standard InChI is InChI=1S/C18H18N2O5S/c1-8-10(3)26-17-14(8)16(22)19-15(20-17)9(2)25-18(23)12-6-5-11(24-4)7-13(12)21/h5-7,9,21H,1-4H3,(H,19,20,22)/t9-/m1/s1. The number of fused-ring (bicyclic) bond motifs is 1. The van der Waals surface area contributed by atoms with Crippen LogP contribution in [0.1, 0.15) is 39.7 Å². The molecular formula is C18H18N2O5S. The molecule has 2 aromatic heterocycles. The lowest BCUT2D eigenvalue weighted by molar-refractivity contribution is 0.0317. The number of nitrogens with one attached hydrogen (secondary N) is 1. The first-order valence-electron chi connectivity index (χ1n) is 7.89. The van der Waals surface area contributed by atoms with Crippen molar-refractivity contribution in [3.05, 3.63) is 50.4 Å². The van der Waals surface area contributed by atoms with Crippen LogP contribution in [0.4, 0.5) is 0 Å². The predicted octanol–water partition coefficient (Wildman–Crippen LogP) is 3.23. The molecular weight excluding hydrogens is 356 g/mol. The van der Waals surface area contributed by atoms with Crippen molar-refractivity contribution < 1.29 is 19.4 Å². The van der Waals surface area contributed by atoms with Crippen molar-refractivity contribution in [2.45, 2.75) is 26.9 Å². The molecule has 1 aromatic carbocycles. The Hall–Kier alpha value is -2.87. The molecule has 0 saturated heterocycles. The van der Waals surface area contributed by atoms with Gasteiger partial charge in [0.2, 0.25) is 0 Å². The molecule has 3 rings (SSSR count). The van der Waals surface area contributed by atoms with E-state index >= 15 is 0 Å². The van der Waals surface area contributed by atoms with Gasteiger partial charge in [-0.3, -0.25) is 4.79 Å². The second kappa shape index (κ2) is 6.80. The Morgan fingerprint density at radius 2 is 2.08 bits per heavy atom. The van der Waals surface area contributed by atoms with E-state index in [0.29, 0.717) is 16.0 Å². The second-order valence-corrected chi connectivity index (χ2v) is 7.05. The van der Waals surface area contributed by atoms with Crippen molar-refractivity contribution >= 4 is 27.5 Å². The monoisotopic (exact) mass is 374 g/mol. The van der Waals surface area contributed by atoms with Gasteiger partial charge in [0.15, 0.2) is 11.9 Å². The first kappa shape index (κ1) is 17.9. The second-order valence-electron chi connectivity index (χ2n) is 5.85. The van der Waals surface area contributed by atoms with Gasteiger partial charge in [0.1, 0.15) is 21.9 Å². The Balaban J connectivity index is 1.88. The van der Waals surface area contributed by atoms with Crippen LogP contribution in [0.2, 0.25) is 0 Å². The molecule has 0 aliphatic rings. The molecule has 2 N–H and O–H groups in total. The summed E-state index contributed by atoms with van der Waals surface area (Å²) in [5.41, 5.74) is 0.643. The van der Waals surface area contributed by atoms with E-state index in [2.05, 4.69) is 9.97 Å². The fraction of sp³-hybridized carbons (Fsp3) is 0.278. The normalized spacial score (nSPS) is 12.2. The molecule has 0 saturated carbocycles. The molecule has 7 nitrogen and oxygen atoms in total. The van der Waals surface area contributed by atoms with Crippen LogP contribution >= 0.6 is 11.3 Å². The summed E-state index contributed by atoms with van der Waals surface area (Å²) >= 11 is 1.42. The highest BCUT2D eigenvalue weighted by atomic mass is 32.1. The fourth-order valence-corrected chi connectivity index (χ4v) is 3.59. The van der Waals surface area contributed by atoms with Crippen LogP contribution in [0, 0.1) is 13.8 Å². The SMILES string of the molecule is COc1ccc(C(=O)O[C@H](C)c2nc3sc(C)c(C)c3c(=O)[nH]2)c(O)c1. The van der Waals surface area contributed by atoms with Crippen molar-refractivity contribution in [2.24, 2.45) is 0 Å². The largest absolute Gasteiger partial charge is 0.507 e. The summed E-state index contributed by atoms with van der Waals surface area (Å²) < 4.78 is 10.3. The number of H-pyrrole nitrogens is 1. The molecule has 26 heavy (non-hydrogen) atoms. The molecule has 136 valence electrons. The predicted molar refractivity (Wildman–Crippen MR) is 98.2 cm³/mol. The number of aromatic nitrogens is 2. The van der Waals surface area contributed by atoms with E-state index in [4.69, 9.17) is 9.47 Å². The average Bonchev–Trinajstić information content (AvgIpc) is 2.89. The molecule has 0 aliphatic carbocycles. The number of thiophene rings is 1. The summed E-state index contributed by atoms with van der Waals surface area (Å²) in [5, 5.41) is 10.5. The molecule has 3 aromatic rings. The van der Waals surface area contributed by atoms with E-state index < -0.39 is 12.1 Å². The summed E-state index contributed by atoms with van der Waals surface area (Å²) in [4.78, 5) is 33.4. The third kappa shape index (κ3) is 3.15. The van der Waals surface area contributed by atoms with Gasteiger partial charge in [0.05, 0.1) is 12.5 Å². The van der Waals surface area contributed by atoms with E-state index in [1.807, 2.05) is 13.8 Å². The minimum Gasteiger partial charge on any atom is -0.507 e. The molecule has 1 atom stereocenters. The molecule has 0 unspecified atom stereocenters. The van der Waals surface area contributed by atoms with Gasteiger partial charge in [0, 0.05) is 10.9 Å². The fourth-order valence-electron chi connectivity index (χ4n) is 2.55. The summed E-state index contributed by atoms with van der Waals surface area (Å²) in [6.45, 7) is 5.41. The van der Waals surface area contributed by atoms with E-state index in [-0.39, 0.29) is 22.7 Å². The Morgan fingerprint density at radius 1 is 1.35 bits per heavy atom. The van der Waals surface area contributed by atoms with E-state index in [1.165, 1.54) is 30.6 Å². The Labute approximate surface area is 153 Å². The Bertz CT molecular complexity index is 1050. The molecule has 0 amide bonds. The number of carbonyl (C=O) groups is 1. The van der Waals surface area contributed by atoms with Crippen molar-refractivity contribution in [2.75, 3.05) is 7.11 Å². The molecule has 2 heterocycles. The zero-order valence-corrected chi connectivity index (χ0v) is 15.6. The number of aromatic amines is 1. The summed E-state index contributed by atoms with van der Waals surface area (Å²) in [7, 11) is 1.46. The number of hydrogen-bond donors (Lipinski definition) is 2. The van der Waals surface area contributed by atoms with E-state index in [1.54, 1.807) is 13.0 Å². The van der Waals surface area contributed by atoms with E-state index in [9.17, 15) is 14.7 Å². The number of methoxy groups -OCH3 is 1. The van der Waals surface area contributed by atoms with Gasteiger partial charge in [-0.25, -0.2) is 9.78 Å². The number of aryl methyl sites for hydroxylation is 2. The lowest BCUT2D eigenvalue weighted by Gasteiger charge is -2.13. The minimum atomic E-state index is -0.788. The molecule has 0 spiro atoms. The van der Waals surface area contributed by atoms with Gasteiger partial charge in [-0.2, -0.15) is 0 Å². The highest BCUT2D eigenvalue weighted by molar-refractivity contribution is 7.18. The quantitative estimate of drug-likeness (QED) is 0.680. The summed E-state index contributed by atoms with van der Waals surface area (Å²) in [5.74, 6) is -0.293. The Morgan fingerprint density at radius 3 is 2.73 bits per heavy atom. The van der Waals surface area contributed by atoms with Gasteiger partial charge in [-0.1, -0.05) is 0 Å². The zero-order chi connectivity index (χ0) is 19.0. The van der Waals surface area contributed by atoms with Crippen LogP contribution in [0.3, 0.4) is 0 Å². The smallest absolute Gasteiger partial charge is 0.342 e. The van der Waals surface area contributed by atoms with Crippen LogP contribution < -0.4 is 10.3 Å². The van der Waals surface area contributed by atoms with Crippen LogP contribution in [0.25, 0.3) is 10.2 Å². The maximum absolute atomic E-state index is 12.3. The molecule has 0 aliphatic heterocycles. The number of hydrogen-bond acceptors (Lipinski definition) is 7. The van der Waals surface area contributed by atoms with Crippen molar-refractivity contribution in [1.82, 2.24) is 9.97 Å². The van der Waals surface area contributed by atoms with Gasteiger partial charge >= 0.3 is 5.97 Å². The Kier molecular flexibility index (Phi) is 4.69. The average molecular weight is 374 g/mol. The van der Waals surface area contributed by atoms with Gasteiger partial charge in [-0.15, -0.1) is 11.3 Å². The van der Waals surface area contributed by atoms with Crippen molar-refractivity contribution in [3.63, 3.8) is 0 Å². The number of nitrogens with zero attached hydrogens (tertiary/aromatic N) is 1. The minimum absolute atomic E-state index is 0.00360. The molecule has 0 fully saturated rings. The number of phenolic OH excluding ortho intramolecular Hbond substituents is 1. The van der Waals surface area contributed by atoms with Crippen LogP contribution in [0.5, 0.6) is 11.5 Å². The molecule has 8 heteroatoms. The van der Waals surface area contributed by atoms with Gasteiger partial charge < -0.3 is 19.6 Å². The zero-order valence-electron chi connectivity index (χ0n) is 14.7. The maximum Gasteiger partial charge on any atom is 0.342 e. The number of rotatable bonds is 4. The highest BCUT2D eigenvalue weighted by Gasteiger charge is 2.21. The molecule has 0 radical (unpaired) electrons. The number of esters is 1. The van der Waals surface area contributed by atoms with Crippen LogP contribution in [0.15, 0.2) is 23.0 Å². The lowest BCUT2D eigenvalue weighted by atomic mass is 10.2. The van der Waals surface area contributed by atoms with Crippen molar-refractivity contribution in [1.29, 1.82) is 0 Å².